The molecule has 0 bridgehead atoms. The standard InChI is InChI=1S/C31H21Cl2F6N3O/c1-42-27(20-8-3-2-6-18(20)21-14-16(32)10-12-23(21)33)26(31(41-42,29(36)37)30(38)39)28(43)40-25-9-5-4-7-19(25)22-15-17(34)11-13-24(22)35/h2-15,29-30,41H,1H3,(H,40,43). The number of para-hydroxylation sites is 1. The third kappa shape index (κ3) is 5.46. The van der Waals surface area contributed by atoms with Gasteiger partial charge in [0.1, 0.15) is 11.6 Å². The van der Waals surface area contributed by atoms with E-state index < -0.39 is 41.5 Å². The van der Waals surface area contributed by atoms with E-state index in [9.17, 15) is 31.1 Å². The van der Waals surface area contributed by atoms with Crippen molar-refractivity contribution in [3.8, 4) is 22.3 Å². The molecule has 0 saturated heterocycles. The molecule has 1 heterocycles. The van der Waals surface area contributed by atoms with Gasteiger partial charge in [0.2, 0.25) is 0 Å². The maximum atomic E-state index is 14.7. The van der Waals surface area contributed by atoms with E-state index in [-0.39, 0.29) is 33.1 Å². The first-order chi connectivity index (χ1) is 20.5. The molecule has 0 spiro atoms. The second kappa shape index (κ2) is 11.9. The number of anilines is 1. The first kappa shape index (κ1) is 30.5. The average molecular weight is 636 g/mol. The van der Waals surface area contributed by atoms with Crippen LogP contribution in [0.15, 0.2) is 90.5 Å². The first-order valence-corrected chi connectivity index (χ1v) is 13.4. The van der Waals surface area contributed by atoms with Crippen LogP contribution in [-0.4, -0.2) is 36.4 Å². The number of nitrogens with one attached hydrogen (secondary N) is 2. The lowest BCUT2D eigenvalue weighted by molar-refractivity contribution is -0.117. The van der Waals surface area contributed by atoms with Gasteiger partial charge in [0.25, 0.3) is 18.8 Å². The van der Waals surface area contributed by atoms with Gasteiger partial charge in [-0.1, -0.05) is 65.7 Å². The molecule has 1 aliphatic heterocycles. The highest BCUT2D eigenvalue weighted by Gasteiger charge is 2.60. The SMILES string of the molecule is CN1NC(C(F)F)(C(F)F)C(C(=O)Nc2ccccc2-c2cc(F)ccc2F)=C1c1ccccc1-c1cc(Cl)ccc1Cl. The van der Waals surface area contributed by atoms with Gasteiger partial charge >= 0.3 is 0 Å². The quantitative estimate of drug-likeness (QED) is 0.200. The largest absolute Gasteiger partial charge is 0.322 e. The minimum atomic E-state index is -3.76. The number of hydrogen-bond acceptors (Lipinski definition) is 3. The zero-order valence-corrected chi connectivity index (χ0v) is 23.6. The van der Waals surface area contributed by atoms with Gasteiger partial charge in [-0.3, -0.25) is 4.79 Å². The van der Waals surface area contributed by atoms with Gasteiger partial charge in [-0.05, 0) is 48.0 Å². The summed E-state index contributed by atoms with van der Waals surface area (Å²) in [7, 11) is 1.22. The topological polar surface area (TPSA) is 44.4 Å². The van der Waals surface area contributed by atoms with Crippen molar-refractivity contribution < 1.29 is 31.1 Å². The van der Waals surface area contributed by atoms with E-state index in [1.54, 1.807) is 18.2 Å². The van der Waals surface area contributed by atoms with Gasteiger partial charge in [-0.15, -0.1) is 0 Å². The smallest absolute Gasteiger partial charge is 0.268 e. The molecule has 0 aromatic heterocycles. The number of hydrazine groups is 1. The van der Waals surface area contributed by atoms with E-state index in [1.165, 1.54) is 55.6 Å². The number of nitrogens with zero attached hydrogens (tertiary/aromatic N) is 1. The zero-order valence-electron chi connectivity index (χ0n) is 22.1. The third-order valence-electron chi connectivity index (χ3n) is 7.05. The number of hydrogen-bond donors (Lipinski definition) is 2. The summed E-state index contributed by atoms with van der Waals surface area (Å²) < 4.78 is 87.6. The molecular formula is C31H21Cl2F6N3O. The van der Waals surface area contributed by atoms with Crippen molar-refractivity contribution in [2.24, 2.45) is 0 Å². The fourth-order valence-electron chi connectivity index (χ4n) is 5.12. The normalized spacial score (nSPS) is 14.6. The maximum Gasteiger partial charge on any atom is 0.268 e. The Morgan fingerprint density at radius 2 is 1.42 bits per heavy atom. The Hall–Kier alpha value is -3.99. The summed E-state index contributed by atoms with van der Waals surface area (Å²) in [6.45, 7) is 0. The molecule has 43 heavy (non-hydrogen) atoms. The molecule has 5 rings (SSSR count). The fourth-order valence-corrected chi connectivity index (χ4v) is 5.51. The number of carbonyl (C=O) groups is 1. The van der Waals surface area contributed by atoms with Crippen molar-refractivity contribution in [1.29, 1.82) is 0 Å². The number of rotatable bonds is 7. The number of amides is 1. The number of halogens is 8. The molecule has 222 valence electrons. The number of alkyl halides is 4. The van der Waals surface area contributed by atoms with E-state index >= 15 is 0 Å². The molecule has 4 aromatic rings. The number of carbonyl (C=O) groups excluding carboxylic acids is 1. The molecule has 2 N–H and O–H groups in total. The van der Waals surface area contributed by atoms with Gasteiger partial charge in [0, 0.05) is 45.0 Å². The Labute approximate surface area is 252 Å². The molecule has 4 nitrogen and oxygen atoms in total. The summed E-state index contributed by atoms with van der Waals surface area (Å²) >= 11 is 12.6. The van der Waals surface area contributed by atoms with Crippen LogP contribution in [0.3, 0.4) is 0 Å². The Kier molecular flexibility index (Phi) is 8.47. The maximum absolute atomic E-state index is 14.7. The minimum Gasteiger partial charge on any atom is -0.322 e. The van der Waals surface area contributed by atoms with Gasteiger partial charge in [-0.25, -0.2) is 31.8 Å². The lowest BCUT2D eigenvalue weighted by Crippen LogP contribution is -2.59. The summed E-state index contributed by atoms with van der Waals surface area (Å²) in [5.74, 6) is -2.91. The lowest BCUT2D eigenvalue weighted by Gasteiger charge is -2.31. The van der Waals surface area contributed by atoms with Crippen LogP contribution >= 0.6 is 23.2 Å². The molecule has 12 heteroatoms. The summed E-state index contributed by atoms with van der Waals surface area (Å²) in [5, 5.41) is 3.86. The van der Waals surface area contributed by atoms with Crippen LogP contribution in [0.2, 0.25) is 10.0 Å². The second-order valence-corrected chi connectivity index (χ2v) is 10.5. The van der Waals surface area contributed by atoms with Crippen molar-refractivity contribution in [2.45, 2.75) is 18.4 Å². The Balaban J connectivity index is 1.74. The van der Waals surface area contributed by atoms with Crippen LogP contribution < -0.4 is 10.7 Å². The van der Waals surface area contributed by atoms with Gasteiger partial charge in [0.05, 0.1) is 11.3 Å². The number of benzene rings is 4. The fraction of sp³-hybridized carbons (Fsp3) is 0.129. The summed E-state index contributed by atoms with van der Waals surface area (Å²) in [4.78, 5) is 14.0. The summed E-state index contributed by atoms with van der Waals surface area (Å²) in [6, 6.07) is 19.1. The van der Waals surface area contributed by atoms with E-state index in [1.807, 2.05) is 0 Å². The van der Waals surface area contributed by atoms with Crippen molar-refractivity contribution in [3.05, 3.63) is 118 Å². The molecule has 0 aliphatic carbocycles. The molecule has 1 aliphatic rings. The average Bonchev–Trinajstić information content (AvgIpc) is 3.30. The van der Waals surface area contributed by atoms with E-state index in [0.29, 0.717) is 16.1 Å². The minimum absolute atomic E-state index is 0.000106. The molecule has 4 aromatic carbocycles. The van der Waals surface area contributed by atoms with Crippen LogP contribution in [0.4, 0.5) is 32.0 Å². The highest BCUT2D eigenvalue weighted by molar-refractivity contribution is 6.35. The Morgan fingerprint density at radius 1 is 0.791 bits per heavy atom. The highest BCUT2D eigenvalue weighted by atomic mass is 35.5. The monoisotopic (exact) mass is 635 g/mol. The molecule has 0 fully saturated rings. The predicted octanol–water partition coefficient (Wildman–Crippen LogP) is 8.67. The molecule has 0 saturated carbocycles. The van der Waals surface area contributed by atoms with Crippen LogP contribution in [0.25, 0.3) is 28.0 Å². The predicted molar refractivity (Wildman–Crippen MR) is 155 cm³/mol. The second-order valence-electron chi connectivity index (χ2n) is 9.66. The summed E-state index contributed by atoms with van der Waals surface area (Å²) in [5.41, 5.74) is -2.10. The van der Waals surface area contributed by atoms with Gasteiger partial charge in [-0.2, -0.15) is 0 Å². The van der Waals surface area contributed by atoms with E-state index in [2.05, 4.69) is 10.7 Å². The van der Waals surface area contributed by atoms with Gasteiger partial charge < -0.3 is 10.3 Å². The van der Waals surface area contributed by atoms with Crippen molar-refractivity contribution in [1.82, 2.24) is 10.4 Å². The molecule has 0 atom stereocenters. The summed E-state index contributed by atoms with van der Waals surface area (Å²) in [6.07, 6.45) is -7.52. The highest BCUT2D eigenvalue weighted by Crippen LogP contribution is 2.46. The molecule has 0 radical (unpaired) electrons. The van der Waals surface area contributed by atoms with Crippen molar-refractivity contribution >= 4 is 40.5 Å². The first-order valence-electron chi connectivity index (χ1n) is 12.7. The van der Waals surface area contributed by atoms with E-state index in [4.69, 9.17) is 23.2 Å². The van der Waals surface area contributed by atoms with Gasteiger partial charge in [0.15, 0.2) is 5.54 Å². The zero-order chi connectivity index (χ0) is 31.1. The van der Waals surface area contributed by atoms with Crippen LogP contribution in [0.1, 0.15) is 5.56 Å². The van der Waals surface area contributed by atoms with Crippen molar-refractivity contribution in [2.75, 3.05) is 12.4 Å². The van der Waals surface area contributed by atoms with Crippen LogP contribution in [0, 0.1) is 11.6 Å². The molecule has 0 unspecified atom stereocenters. The Morgan fingerprint density at radius 3 is 2.09 bits per heavy atom. The van der Waals surface area contributed by atoms with Crippen molar-refractivity contribution in [3.63, 3.8) is 0 Å². The van der Waals surface area contributed by atoms with Crippen LogP contribution in [-0.2, 0) is 4.79 Å². The third-order valence-corrected chi connectivity index (χ3v) is 7.61. The van der Waals surface area contributed by atoms with E-state index in [0.717, 1.165) is 23.2 Å². The Bertz CT molecular complexity index is 1740. The lowest BCUT2D eigenvalue weighted by atomic mass is 9.86. The molecule has 1 amide bonds. The molecular weight excluding hydrogens is 615 g/mol. The van der Waals surface area contributed by atoms with Crippen LogP contribution in [0.5, 0.6) is 0 Å².